The van der Waals surface area contributed by atoms with Gasteiger partial charge in [0.25, 0.3) is 0 Å². The first-order chi connectivity index (χ1) is 8.69. The fraction of sp³-hybridized carbons (Fsp3) is 0.647. The largest absolute Gasteiger partial charge is 0.314 e. The van der Waals surface area contributed by atoms with Gasteiger partial charge in [0.1, 0.15) is 0 Å². The molecule has 1 saturated carbocycles. The van der Waals surface area contributed by atoms with Crippen molar-refractivity contribution in [2.45, 2.75) is 58.9 Å². The molecule has 1 fully saturated rings. The highest BCUT2D eigenvalue weighted by molar-refractivity contribution is 5.29. The predicted molar refractivity (Wildman–Crippen MR) is 79.0 cm³/mol. The van der Waals surface area contributed by atoms with Gasteiger partial charge in [-0.1, -0.05) is 42.7 Å². The van der Waals surface area contributed by atoms with Crippen LogP contribution in [0.4, 0.5) is 0 Å². The fourth-order valence-corrected chi connectivity index (χ4v) is 3.37. The van der Waals surface area contributed by atoms with Gasteiger partial charge >= 0.3 is 0 Å². The lowest BCUT2D eigenvalue weighted by atomic mass is 9.93. The number of hydrogen-bond donors (Lipinski definition) is 1. The highest BCUT2D eigenvalue weighted by Crippen LogP contribution is 2.29. The van der Waals surface area contributed by atoms with E-state index < -0.39 is 0 Å². The highest BCUT2D eigenvalue weighted by Gasteiger charge is 2.26. The zero-order chi connectivity index (χ0) is 13.0. The summed E-state index contributed by atoms with van der Waals surface area (Å²) in [6.45, 7) is 7.84. The summed E-state index contributed by atoms with van der Waals surface area (Å²) in [6, 6.07) is 7.75. The predicted octanol–water partition coefficient (Wildman–Crippen LogP) is 4.01. The van der Waals surface area contributed by atoms with Gasteiger partial charge in [-0.2, -0.15) is 0 Å². The number of rotatable bonds is 5. The van der Waals surface area contributed by atoms with E-state index in [4.69, 9.17) is 0 Å². The van der Waals surface area contributed by atoms with Gasteiger partial charge in [-0.25, -0.2) is 0 Å². The molecule has 1 aliphatic rings. The first-order valence-electron chi connectivity index (χ1n) is 7.49. The van der Waals surface area contributed by atoms with Crippen molar-refractivity contribution in [3.05, 3.63) is 34.9 Å². The Kier molecular flexibility index (Phi) is 4.82. The topological polar surface area (TPSA) is 12.0 Å². The standard InChI is InChI=1S/C17H27N/c1-4-8-18-17-7-5-6-16(17)12-15-10-13(2)9-14(3)11-15/h9-11,16-18H,4-8,12H2,1-3H3. The Balaban J connectivity index is 1.98. The van der Waals surface area contributed by atoms with Crippen LogP contribution < -0.4 is 5.32 Å². The first-order valence-corrected chi connectivity index (χ1v) is 7.49. The van der Waals surface area contributed by atoms with Crippen molar-refractivity contribution in [2.24, 2.45) is 5.92 Å². The van der Waals surface area contributed by atoms with Gasteiger partial charge in [0.05, 0.1) is 0 Å². The Morgan fingerprint density at radius 2 is 1.83 bits per heavy atom. The molecule has 1 N–H and O–H groups in total. The van der Waals surface area contributed by atoms with E-state index in [2.05, 4.69) is 44.3 Å². The SMILES string of the molecule is CCCNC1CCCC1Cc1cc(C)cc(C)c1. The second-order valence-electron chi connectivity index (χ2n) is 5.95. The lowest BCUT2D eigenvalue weighted by molar-refractivity contribution is 0.399. The summed E-state index contributed by atoms with van der Waals surface area (Å²) in [5.74, 6) is 0.845. The van der Waals surface area contributed by atoms with E-state index in [0.717, 1.165) is 12.0 Å². The summed E-state index contributed by atoms with van der Waals surface area (Å²) < 4.78 is 0. The summed E-state index contributed by atoms with van der Waals surface area (Å²) in [5.41, 5.74) is 4.34. The lowest BCUT2D eigenvalue weighted by Gasteiger charge is -2.21. The van der Waals surface area contributed by atoms with Gasteiger partial charge in [0.2, 0.25) is 0 Å². The second kappa shape index (κ2) is 6.38. The average molecular weight is 245 g/mol. The normalized spacial score (nSPS) is 23.5. The first kappa shape index (κ1) is 13.6. The Bertz CT molecular complexity index is 363. The molecule has 2 unspecified atom stereocenters. The van der Waals surface area contributed by atoms with E-state index in [1.807, 2.05) is 0 Å². The average Bonchev–Trinajstić information content (AvgIpc) is 2.72. The van der Waals surface area contributed by atoms with Crippen molar-refractivity contribution in [3.63, 3.8) is 0 Å². The molecule has 0 amide bonds. The molecular weight excluding hydrogens is 218 g/mol. The van der Waals surface area contributed by atoms with Gasteiger partial charge in [-0.15, -0.1) is 0 Å². The Hall–Kier alpha value is -0.820. The van der Waals surface area contributed by atoms with Crippen molar-refractivity contribution >= 4 is 0 Å². The molecule has 1 heteroatoms. The number of aryl methyl sites for hydroxylation is 2. The van der Waals surface area contributed by atoms with Crippen LogP contribution in [0.3, 0.4) is 0 Å². The number of nitrogens with one attached hydrogen (secondary N) is 1. The zero-order valence-corrected chi connectivity index (χ0v) is 12.1. The second-order valence-corrected chi connectivity index (χ2v) is 5.95. The van der Waals surface area contributed by atoms with E-state index in [9.17, 15) is 0 Å². The molecule has 2 atom stereocenters. The van der Waals surface area contributed by atoms with E-state index in [-0.39, 0.29) is 0 Å². The summed E-state index contributed by atoms with van der Waals surface area (Å²) in [4.78, 5) is 0. The molecule has 2 rings (SSSR count). The minimum Gasteiger partial charge on any atom is -0.314 e. The van der Waals surface area contributed by atoms with Crippen molar-refractivity contribution in [1.82, 2.24) is 5.32 Å². The molecule has 100 valence electrons. The van der Waals surface area contributed by atoms with Gasteiger partial charge in [0, 0.05) is 6.04 Å². The molecule has 0 spiro atoms. The van der Waals surface area contributed by atoms with Crippen molar-refractivity contribution < 1.29 is 0 Å². The quantitative estimate of drug-likeness (QED) is 0.826. The molecule has 18 heavy (non-hydrogen) atoms. The monoisotopic (exact) mass is 245 g/mol. The maximum atomic E-state index is 3.73. The minimum absolute atomic E-state index is 0.755. The molecule has 0 saturated heterocycles. The molecule has 0 radical (unpaired) electrons. The van der Waals surface area contributed by atoms with Gasteiger partial charge in [-0.3, -0.25) is 0 Å². The van der Waals surface area contributed by atoms with Gasteiger partial charge in [-0.05, 0) is 57.6 Å². The third-order valence-corrected chi connectivity index (χ3v) is 4.09. The maximum Gasteiger partial charge on any atom is 0.00985 e. The van der Waals surface area contributed by atoms with Crippen LogP contribution in [-0.2, 0) is 6.42 Å². The van der Waals surface area contributed by atoms with Crippen LogP contribution in [0, 0.1) is 19.8 Å². The molecule has 0 bridgehead atoms. The minimum atomic E-state index is 0.755. The summed E-state index contributed by atoms with van der Waals surface area (Å²) in [6.07, 6.45) is 6.66. The van der Waals surface area contributed by atoms with E-state index in [1.54, 1.807) is 0 Å². The highest BCUT2D eigenvalue weighted by atomic mass is 14.9. The molecular formula is C17H27N. The molecule has 1 aromatic carbocycles. The summed E-state index contributed by atoms with van der Waals surface area (Å²) in [5, 5.41) is 3.73. The summed E-state index contributed by atoms with van der Waals surface area (Å²) >= 11 is 0. The molecule has 1 aliphatic carbocycles. The lowest BCUT2D eigenvalue weighted by Crippen LogP contribution is -2.33. The van der Waals surface area contributed by atoms with Crippen molar-refractivity contribution in [1.29, 1.82) is 0 Å². The molecule has 1 nitrogen and oxygen atoms in total. The van der Waals surface area contributed by atoms with Crippen LogP contribution in [0.25, 0.3) is 0 Å². The van der Waals surface area contributed by atoms with Gasteiger partial charge < -0.3 is 5.32 Å². The summed E-state index contributed by atoms with van der Waals surface area (Å²) in [7, 11) is 0. The smallest absolute Gasteiger partial charge is 0.00985 e. The van der Waals surface area contributed by atoms with Crippen LogP contribution in [-0.4, -0.2) is 12.6 Å². The van der Waals surface area contributed by atoms with Crippen LogP contribution in [0.2, 0.25) is 0 Å². The number of benzene rings is 1. The van der Waals surface area contributed by atoms with Crippen molar-refractivity contribution in [2.75, 3.05) is 6.54 Å². The molecule has 1 aromatic rings. The third-order valence-electron chi connectivity index (χ3n) is 4.09. The number of hydrogen-bond acceptors (Lipinski definition) is 1. The fourth-order valence-electron chi connectivity index (χ4n) is 3.37. The van der Waals surface area contributed by atoms with Crippen LogP contribution in [0.15, 0.2) is 18.2 Å². The Morgan fingerprint density at radius 1 is 1.11 bits per heavy atom. The third kappa shape index (κ3) is 3.58. The van der Waals surface area contributed by atoms with Crippen LogP contribution in [0.5, 0.6) is 0 Å². The molecule has 0 aliphatic heterocycles. The zero-order valence-electron chi connectivity index (χ0n) is 12.1. The van der Waals surface area contributed by atoms with Crippen LogP contribution >= 0.6 is 0 Å². The van der Waals surface area contributed by atoms with Crippen molar-refractivity contribution in [3.8, 4) is 0 Å². The van der Waals surface area contributed by atoms with E-state index >= 15 is 0 Å². The van der Waals surface area contributed by atoms with E-state index in [1.165, 1.54) is 55.3 Å². The molecule has 0 aromatic heterocycles. The maximum absolute atomic E-state index is 3.73. The Morgan fingerprint density at radius 3 is 2.50 bits per heavy atom. The van der Waals surface area contributed by atoms with Gasteiger partial charge in [0.15, 0.2) is 0 Å². The van der Waals surface area contributed by atoms with Crippen LogP contribution in [0.1, 0.15) is 49.3 Å². The molecule has 0 heterocycles. The van der Waals surface area contributed by atoms with E-state index in [0.29, 0.717) is 0 Å². The Labute approximate surface area is 112 Å².